The third-order valence-corrected chi connectivity index (χ3v) is 5.60. The second kappa shape index (κ2) is 12.5. The van der Waals surface area contributed by atoms with Gasteiger partial charge in [0, 0.05) is 49.7 Å². The minimum Gasteiger partial charge on any atom is -0.444 e. The van der Waals surface area contributed by atoms with Crippen LogP contribution in [0.25, 0.3) is 0 Å². The molecule has 11 heteroatoms. The zero-order valence-corrected chi connectivity index (χ0v) is 21.5. The molecule has 1 aromatic carbocycles. The number of amides is 4. The van der Waals surface area contributed by atoms with E-state index in [2.05, 4.69) is 31.2 Å². The Morgan fingerprint density at radius 3 is 2.53 bits per heavy atom. The third kappa shape index (κ3) is 9.35. The number of anilines is 2. The van der Waals surface area contributed by atoms with Crippen LogP contribution in [0, 0.1) is 0 Å². The summed E-state index contributed by atoms with van der Waals surface area (Å²) in [6.45, 7) is 8.33. The maximum atomic E-state index is 12.5. The number of alkyl carbamates (subject to hydrolysis) is 1. The molecule has 1 aliphatic rings. The molecule has 0 unspecified atom stereocenters. The van der Waals surface area contributed by atoms with E-state index in [4.69, 9.17) is 16.3 Å². The van der Waals surface area contributed by atoms with Gasteiger partial charge in [-0.25, -0.2) is 14.6 Å². The molecule has 36 heavy (non-hydrogen) atoms. The number of ether oxygens (including phenoxy) is 1. The highest BCUT2D eigenvalue weighted by Crippen LogP contribution is 2.15. The highest BCUT2D eigenvalue weighted by molar-refractivity contribution is 6.30. The predicted octanol–water partition coefficient (Wildman–Crippen LogP) is 4.10. The van der Waals surface area contributed by atoms with Crippen LogP contribution in [0.2, 0.25) is 5.02 Å². The Morgan fingerprint density at radius 2 is 1.86 bits per heavy atom. The van der Waals surface area contributed by atoms with Crippen molar-refractivity contribution in [2.45, 2.75) is 45.3 Å². The van der Waals surface area contributed by atoms with Gasteiger partial charge in [0.2, 0.25) is 0 Å². The van der Waals surface area contributed by atoms with E-state index in [1.807, 2.05) is 20.8 Å². The van der Waals surface area contributed by atoms with Crippen molar-refractivity contribution in [3.8, 4) is 0 Å². The van der Waals surface area contributed by atoms with Gasteiger partial charge in [0.15, 0.2) is 0 Å². The average Bonchev–Trinajstić information content (AvgIpc) is 2.80. The molecular formula is C25H33ClN6O4. The summed E-state index contributed by atoms with van der Waals surface area (Å²) in [5, 5.41) is 11.7. The average molecular weight is 517 g/mol. The van der Waals surface area contributed by atoms with Crippen molar-refractivity contribution in [1.29, 1.82) is 0 Å². The van der Waals surface area contributed by atoms with Crippen LogP contribution in [-0.2, 0) is 4.74 Å². The van der Waals surface area contributed by atoms with Crippen LogP contribution < -0.4 is 21.3 Å². The number of nitrogens with zero attached hydrogens (tertiary/aromatic N) is 2. The number of carbonyl (C=O) groups is 3. The molecule has 4 N–H and O–H groups in total. The lowest BCUT2D eigenvalue weighted by Crippen LogP contribution is -2.47. The lowest BCUT2D eigenvalue weighted by Gasteiger charge is -2.32. The minimum atomic E-state index is -0.514. The van der Waals surface area contributed by atoms with E-state index in [9.17, 15) is 14.4 Å². The van der Waals surface area contributed by atoms with E-state index in [1.54, 1.807) is 36.4 Å². The van der Waals surface area contributed by atoms with Gasteiger partial charge in [-0.05, 0) is 63.9 Å². The van der Waals surface area contributed by atoms with Gasteiger partial charge >= 0.3 is 12.1 Å². The summed E-state index contributed by atoms with van der Waals surface area (Å²) in [5.41, 5.74) is 0.366. The molecule has 4 amide bonds. The van der Waals surface area contributed by atoms with Crippen LogP contribution in [0.3, 0.4) is 0 Å². The first-order valence-corrected chi connectivity index (χ1v) is 12.2. The largest absolute Gasteiger partial charge is 0.444 e. The SMILES string of the molecule is CC(C)(C)OC(=O)NC1CCN(CCNC(=O)Nc2cccc(C(=O)Nc3ccc(Cl)cn3)c2)CC1. The topological polar surface area (TPSA) is 125 Å². The van der Waals surface area contributed by atoms with Gasteiger partial charge in [-0.1, -0.05) is 17.7 Å². The van der Waals surface area contributed by atoms with Crippen molar-refractivity contribution in [3.05, 3.63) is 53.2 Å². The van der Waals surface area contributed by atoms with E-state index in [-0.39, 0.29) is 24.1 Å². The molecule has 0 spiro atoms. The van der Waals surface area contributed by atoms with Crippen molar-refractivity contribution >= 4 is 41.1 Å². The summed E-state index contributed by atoms with van der Waals surface area (Å²) in [5.74, 6) is 0.0311. The molecule has 2 heterocycles. The second-order valence-electron chi connectivity index (χ2n) is 9.54. The first-order chi connectivity index (χ1) is 17.1. The predicted molar refractivity (Wildman–Crippen MR) is 139 cm³/mol. The molecular weight excluding hydrogens is 484 g/mol. The number of benzene rings is 1. The zero-order valence-electron chi connectivity index (χ0n) is 20.8. The van der Waals surface area contributed by atoms with Crippen molar-refractivity contribution < 1.29 is 19.1 Å². The van der Waals surface area contributed by atoms with E-state index in [1.165, 1.54) is 6.20 Å². The Morgan fingerprint density at radius 1 is 1.11 bits per heavy atom. The quantitative estimate of drug-likeness (QED) is 0.439. The summed E-state index contributed by atoms with van der Waals surface area (Å²) >= 11 is 5.81. The van der Waals surface area contributed by atoms with Crippen molar-refractivity contribution in [2.75, 3.05) is 36.8 Å². The molecule has 0 atom stereocenters. The van der Waals surface area contributed by atoms with Crippen molar-refractivity contribution in [3.63, 3.8) is 0 Å². The van der Waals surface area contributed by atoms with Crippen LogP contribution in [0.5, 0.6) is 0 Å². The van der Waals surface area contributed by atoms with E-state index < -0.39 is 5.60 Å². The Kier molecular flexibility index (Phi) is 9.49. The maximum absolute atomic E-state index is 12.5. The first-order valence-electron chi connectivity index (χ1n) is 11.9. The van der Waals surface area contributed by atoms with Crippen LogP contribution in [0.15, 0.2) is 42.6 Å². The number of rotatable bonds is 7. The molecule has 1 aliphatic heterocycles. The van der Waals surface area contributed by atoms with E-state index in [0.717, 1.165) is 25.9 Å². The number of halogens is 1. The maximum Gasteiger partial charge on any atom is 0.407 e. The van der Waals surface area contributed by atoms with Gasteiger partial charge in [-0.2, -0.15) is 0 Å². The second-order valence-corrected chi connectivity index (χ2v) is 9.98. The first kappa shape index (κ1) is 27.2. The molecule has 0 bridgehead atoms. The number of aromatic nitrogens is 1. The number of carbonyl (C=O) groups excluding carboxylic acids is 3. The summed E-state index contributed by atoms with van der Waals surface area (Å²) in [6.07, 6.45) is 2.71. The van der Waals surface area contributed by atoms with Crippen LogP contribution in [-0.4, -0.2) is 65.7 Å². The van der Waals surface area contributed by atoms with Crippen LogP contribution in [0.1, 0.15) is 44.0 Å². The van der Waals surface area contributed by atoms with Gasteiger partial charge in [0.25, 0.3) is 5.91 Å². The number of urea groups is 1. The molecule has 0 saturated carbocycles. The standard InChI is InChI=1S/C25H33ClN6O4/c1-25(2,3)36-24(35)30-19-9-12-32(13-10-19)14-11-27-23(34)29-20-6-4-5-17(15-20)22(33)31-21-8-7-18(26)16-28-21/h4-8,15-16,19H,9-14H2,1-3H3,(H,30,35)(H2,27,29,34)(H,28,31,33). The van der Waals surface area contributed by atoms with E-state index in [0.29, 0.717) is 35.2 Å². The smallest absolute Gasteiger partial charge is 0.407 e. The fourth-order valence-corrected chi connectivity index (χ4v) is 3.77. The van der Waals surface area contributed by atoms with Gasteiger partial charge in [-0.3, -0.25) is 4.79 Å². The number of hydrogen-bond donors (Lipinski definition) is 4. The zero-order chi connectivity index (χ0) is 26.1. The van der Waals surface area contributed by atoms with Crippen molar-refractivity contribution in [1.82, 2.24) is 20.5 Å². The summed E-state index contributed by atoms with van der Waals surface area (Å²) in [4.78, 5) is 43.0. The van der Waals surface area contributed by atoms with E-state index >= 15 is 0 Å². The Labute approximate surface area is 216 Å². The summed E-state index contributed by atoms with van der Waals surface area (Å²) in [7, 11) is 0. The summed E-state index contributed by atoms with van der Waals surface area (Å²) in [6, 6.07) is 9.61. The Hall–Kier alpha value is -3.37. The van der Waals surface area contributed by atoms with Gasteiger partial charge in [0.05, 0.1) is 5.02 Å². The molecule has 1 fully saturated rings. The molecule has 0 aliphatic carbocycles. The molecule has 1 aromatic heterocycles. The van der Waals surface area contributed by atoms with Gasteiger partial charge in [0.1, 0.15) is 11.4 Å². The number of pyridine rings is 1. The number of piperidine rings is 1. The third-order valence-electron chi connectivity index (χ3n) is 5.37. The lowest BCUT2D eigenvalue weighted by molar-refractivity contribution is 0.0479. The Bertz CT molecular complexity index is 1050. The van der Waals surface area contributed by atoms with Crippen molar-refractivity contribution in [2.24, 2.45) is 0 Å². The van der Waals surface area contributed by atoms with Crippen LogP contribution in [0.4, 0.5) is 21.1 Å². The lowest BCUT2D eigenvalue weighted by atomic mass is 10.1. The Balaban J connectivity index is 1.36. The molecule has 10 nitrogen and oxygen atoms in total. The van der Waals surface area contributed by atoms with Gasteiger partial charge in [-0.15, -0.1) is 0 Å². The molecule has 194 valence electrons. The number of likely N-dealkylation sites (tertiary alicyclic amines) is 1. The number of nitrogens with one attached hydrogen (secondary N) is 4. The molecule has 0 radical (unpaired) electrons. The fraction of sp³-hybridized carbons (Fsp3) is 0.440. The molecule has 2 aromatic rings. The van der Waals surface area contributed by atoms with Gasteiger partial charge < -0.3 is 30.9 Å². The monoisotopic (exact) mass is 516 g/mol. The molecule has 1 saturated heterocycles. The highest BCUT2D eigenvalue weighted by Gasteiger charge is 2.23. The minimum absolute atomic E-state index is 0.0901. The van der Waals surface area contributed by atoms with Crippen LogP contribution >= 0.6 is 11.6 Å². The molecule has 3 rings (SSSR count). The summed E-state index contributed by atoms with van der Waals surface area (Å²) < 4.78 is 5.31. The highest BCUT2D eigenvalue weighted by atomic mass is 35.5. The number of hydrogen-bond acceptors (Lipinski definition) is 6. The normalized spacial score (nSPS) is 14.6. The fourth-order valence-electron chi connectivity index (χ4n) is 3.65.